The van der Waals surface area contributed by atoms with Crippen LogP contribution in [0.3, 0.4) is 0 Å². The zero-order chi connectivity index (χ0) is 11.3. The van der Waals surface area contributed by atoms with E-state index >= 15 is 0 Å². The molecule has 1 atom stereocenters. The summed E-state index contributed by atoms with van der Waals surface area (Å²) in [4.78, 5) is 0. The molecule has 0 amide bonds. The number of para-hydroxylation sites is 1. The van der Waals surface area contributed by atoms with Gasteiger partial charge in [-0.15, -0.1) is 12.4 Å². The van der Waals surface area contributed by atoms with Crippen LogP contribution in [-0.2, 0) is 0 Å². The van der Waals surface area contributed by atoms with Crippen LogP contribution in [0, 0.1) is 0 Å². The third-order valence-corrected chi connectivity index (χ3v) is 2.28. The summed E-state index contributed by atoms with van der Waals surface area (Å²) in [6.07, 6.45) is 2.29. The number of hydrogen-bond donors (Lipinski definition) is 1. The van der Waals surface area contributed by atoms with Crippen LogP contribution in [0.25, 0.3) is 0 Å². The van der Waals surface area contributed by atoms with E-state index in [1.54, 1.807) is 0 Å². The molecule has 0 saturated heterocycles. The minimum atomic E-state index is 0. The van der Waals surface area contributed by atoms with Crippen molar-refractivity contribution in [2.75, 3.05) is 0 Å². The first-order valence-electron chi connectivity index (χ1n) is 5.66. The summed E-state index contributed by atoms with van der Waals surface area (Å²) in [6, 6.07) is 8.13. The van der Waals surface area contributed by atoms with Gasteiger partial charge in [0, 0.05) is 11.6 Å². The molecule has 0 aromatic heterocycles. The van der Waals surface area contributed by atoms with Crippen molar-refractivity contribution in [3.05, 3.63) is 29.8 Å². The maximum Gasteiger partial charge on any atom is 0.124 e. The Bertz CT molecular complexity index is 302. The highest BCUT2D eigenvalue weighted by Gasteiger charge is 2.11. The molecule has 0 aliphatic carbocycles. The van der Waals surface area contributed by atoms with Gasteiger partial charge in [0.1, 0.15) is 5.75 Å². The van der Waals surface area contributed by atoms with Crippen LogP contribution >= 0.6 is 12.4 Å². The van der Waals surface area contributed by atoms with Gasteiger partial charge in [0.25, 0.3) is 0 Å². The number of nitrogens with two attached hydrogens (primary N) is 1. The lowest BCUT2D eigenvalue weighted by atomic mass is 10.0. The molecular formula is C13H22ClNO. The van der Waals surface area contributed by atoms with Crippen molar-refractivity contribution in [2.45, 2.75) is 45.8 Å². The SMILES string of the molecule is CCC[C@H](N)c1ccccc1OC(C)C.Cl. The Morgan fingerprint density at radius 2 is 1.88 bits per heavy atom. The van der Waals surface area contributed by atoms with Crippen molar-refractivity contribution in [1.29, 1.82) is 0 Å². The van der Waals surface area contributed by atoms with Gasteiger partial charge in [0.05, 0.1) is 6.10 Å². The van der Waals surface area contributed by atoms with E-state index in [1.807, 2.05) is 32.0 Å². The summed E-state index contributed by atoms with van der Waals surface area (Å²) in [7, 11) is 0. The lowest BCUT2D eigenvalue weighted by Gasteiger charge is -2.18. The zero-order valence-corrected chi connectivity index (χ0v) is 11.1. The molecule has 0 fully saturated rings. The second-order valence-electron chi connectivity index (χ2n) is 4.10. The van der Waals surface area contributed by atoms with Gasteiger partial charge in [-0.3, -0.25) is 0 Å². The molecule has 0 unspecified atom stereocenters. The molecule has 0 heterocycles. The van der Waals surface area contributed by atoms with Gasteiger partial charge >= 0.3 is 0 Å². The molecule has 0 aliphatic rings. The van der Waals surface area contributed by atoms with Crippen molar-refractivity contribution in [1.82, 2.24) is 0 Å². The van der Waals surface area contributed by atoms with Gasteiger partial charge in [-0.2, -0.15) is 0 Å². The second-order valence-corrected chi connectivity index (χ2v) is 4.10. The molecule has 0 saturated carbocycles. The zero-order valence-electron chi connectivity index (χ0n) is 10.3. The number of benzene rings is 1. The summed E-state index contributed by atoms with van der Waals surface area (Å²) >= 11 is 0. The lowest BCUT2D eigenvalue weighted by Crippen LogP contribution is -2.14. The van der Waals surface area contributed by atoms with Gasteiger partial charge in [0.2, 0.25) is 0 Å². The summed E-state index contributed by atoms with van der Waals surface area (Å²) in [5, 5.41) is 0. The van der Waals surface area contributed by atoms with E-state index in [9.17, 15) is 0 Å². The van der Waals surface area contributed by atoms with Crippen LogP contribution in [0.5, 0.6) is 5.75 Å². The number of rotatable bonds is 5. The van der Waals surface area contributed by atoms with E-state index in [0.717, 1.165) is 24.2 Å². The highest BCUT2D eigenvalue weighted by molar-refractivity contribution is 5.85. The van der Waals surface area contributed by atoms with Gasteiger partial charge in [-0.1, -0.05) is 31.5 Å². The molecule has 3 heteroatoms. The predicted molar refractivity (Wildman–Crippen MR) is 71.3 cm³/mol. The van der Waals surface area contributed by atoms with Crippen LogP contribution in [0.1, 0.15) is 45.2 Å². The molecule has 2 nitrogen and oxygen atoms in total. The van der Waals surface area contributed by atoms with Gasteiger partial charge < -0.3 is 10.5 Å². The van der Waals surface area contributed by atoms with Gasteiger partial charge in [-0.05, 0) is 26.3 Å². The van der Waals surface area contributed by atoms with Crippen LogP contribution in [0.4, 0.5) is 0 Å². The van der Waals surface area contributed by atoms with Crippen molar-refractivity contribution in [3.63, 3.8) is 0 Å². The summed E-state index contributed by atoms with van der Waals surface area (Å²) in [5.41, 5.74) is 7.22. The Morgan fingerprint density at radius 1 is 1.25 bits per heavy atom. The quantitative estimate of drug-likeness (QED) is 0.856. The molecule has 0 radical (unpaired) electrons. The van der Waals surface area contributed by atoms with E-state index in [0.29, 0.717) is 0 Å². The molecule has 1 rings (SSSR count). The Labute approximate surface area is 105 Å². The van der Waals surface area contributed by atoms with Crippen LogP contribution in [0.15, 0.2) is 24.3 Å². The molecule has 0 aliphatic heterocycles. The fraction of sp³-hybridized carbons (Fsp3) is 0.538. The average Bonchev–Trinajstić information content (AvgIpc) is 2.18. The van der Waals surface area contributed by atoms with Crippen LogP contribution < -0.4 is 10.5 Å². The lowest BCUT2D eigenvalue weighted by molar-refractivity contribution is 0.238. The summed E-state index contributed by atoms with van der Waals surface area (Å²) < 4.78 is 5.73. The topological polar surface area (TPSA) is 35.2 Å². The number of halogens is 1. The first-order chi connectivity index (χ1) is 7.15. The van der Waals surface area contributed by atoms with Gasteiger partial charge in [0.15, 0.2) is 0 Å². The van der Waals surface area contributed by atoms with E-state index in [1.165, 1.54) is 0 Å². The fourth-order valence-corrected chi connectivity index (χ4v) is 1.61. The highest BCUT2D eigenvalue weighted by Crippen LogP contribution is 2.26. The average molecular weight is 244 g/mol. The first kappa shape index (κ1) is 15.3. The monoisotopic (exact) mass is 243 g/mol. The summed E-state index contributed by atoms with van der Waals surface area (Å²) in [6.45, 7) is 6.20. The molecule has 0 spiro atoms. The summed E-state index contributed by atoms with van der Waals surface area (Å²) in [5.74, 6) is 0.924. The predicted octanol–water partition coefficient (Wildman–Crippen LogP) is 3.70. The number of ether oxygens (including phenoxy) is 1. The smallest absolute Gasteiger partial charge is 0.124 e. The Hall–Kier alpha value is -0.730. The van der Waals surface area contributed by atoms with E-state index in [2.05, 4.69) is 13.0 Å². The van der Waals surface area contributed by atoms with Crippen molar-refractivity contribution in [2.24, 2.45) is 5.73 Å². The first-order valence-corrected chi connectivity index (χ1v) is 5.66. The maximum absolute atomic E-state index is 6.10. The normalized spacial score (nSPS) is 12.1. The minimum absolute atomic E-state index is 0. The van der Waals surface area contributed by atoms with E-state index in [-0.39, 0.29) is 24.6 Å². The second kappa shape index (κ2) is 7.53. The third-order valence-electron chi connectivity index (χ3n) is 2.28. The maximum atomic E-state index is 6.10. The third kappa shape index (κ3) is 4.42. The highest BCUT2D eigenvalue weighted by atomic mass is 35.5. The molecule has 1 aromatic rings. The Balaban J connectivity index is 0.00000225. The molecule has 92 valence electrons. The Morgan fingerprint density at radius 3 is 2.44 bits per heavy atom. The standard InChI is InChI=1S/C13H21NO.ClH/c1-4-7-12(14)11-8-5-6-9-13(11)15-10(2)3;/h5-6,8-10,12H,4,7,14H2,1-3H3;1H/t12-;/m0./s1. The van der Waals surface area contributed by atoms with Crippen molar-refractivity contribution >= 4 is 12.4 Å². The van der Waals surface area contributed by atoms with Crippen molar-refractivity contribution < 1.29 is 4.74 Å². The van der Waals surface area contributed by atoms with E-state index < -0.39 is 0 Å². The van der Waals surface area contributed by atoms with Crippen molar-refractivity contribution in [3.8, 4) is 5.75 Å². The Kier molecular flexibility index (Phi) is 7.18. The fourth-order valence-electron chi connectivity index (χ4n) is 1.61. The minimum Gasteiger partial charge on any atom is -0.491 e. The van der Waals surface area contributed by atoms with Crippen LogP contribution in [0.2, 0.25) is 0 Å². The van der Waals surface area contributed by atoms with Crippen LogP contribution in [-0.4, -0.2) is 6.10 Å². The molecule has 16 heavy (non-hydrogen) atoms. The number of hydrogen-bond acceptors (Lipinski definition) is 2. The van der Waals surface area contributed by atoms with Gasteiger partial charge in [-0.25, -0.2) is 0 Å². The molecule has 2 N–H and O–H groups in total. The molecule has 0 bridgehead atoms. The largest absolute Gasteiger partial charge is 0.491 e. The molecular weight excluding hydrogens is 222 g/mol. The molecule has 1 aromatic carbocycles. The van der Waals surface area contributed by atoms with E-state index in [4.69, 9.17) is 10.5 Å².